The van der Waals surface area contributed by atoms with Crippen LogP contribution in [0.4, 0.5) is 0 Å². The maximum absolute atomic E-state index is 13.5. The number of hydrogen-bond acceptors (Lipinski definition) is 5. The van der Waals surface area contributed by atoms with Gasteiger partial charge in [-0.25, -0.2) is 4.79 Å². The van der Waals surface area contributed by atoms with Crippen molar-refractivity contribution in [3.8, 4) is 0 Å². The van der Waals surface area contributed by atoms with E-state index in [4.69, 9.17) is 21.1 Å². The van der Waals surface area contributed by atoms with Crippen molar-refractivity contribution in [2.45, 2.75) is 33.2 Å². The molecule has 0 aliphatic carbocycles. The van der Waals surface area contributed by atoms with Gasteiger partial charge in [-0.3, -0.25) is 9.59 Å². The van der Waals surface area contributed by atoms with Crippen LogP contribution in [0.2, 0.25) is 5.02 Å². The first-order chi connectivity index (χ1) is 14.7. The van der Waals surface area contributed by atoms with Crippen molar-refractivity contribution in [1.82, 2.24) is 9.47 Å². The van der Waals surface area contributed by atoms with Crippen LogP contribution < -0.4 is 0 Å². The van der Waals surface area contributed by atoms with Crippen molar-refractivity contribution >= 4 is 29.3 Å². The van der Waals surface area contributed by atoms with Crippen LogP contribution in [-0.2, 0) is 16.5 Å². The summed E-state index contributed by atoms with van der Waals surface area (Å²) >= 11 is 6.24. The van der Waals surface area contributed by atoms with Crippen molar-refractivity contribution in [2.24, 2.45) is 7.05 Å². The van der Waals surface area contributed by atoms with Gasteiger partial charge in [0.15, 0.2) is 5.78 Å². The maximum Gasteiger partial charge on any atom is 0.354 e. The number of esters is 1. The molecule has 1 heterocycles. The van der Waals surface area contributed by atoms with Gasteiger partial charge in [-0.05, 0) is 44.9 Å². The van der Waals surface area contributed by atoms with Crippen LogP contribution in [-0.4, -0.2) is 60.5 Å². The third-order valence-electron chi connectivity index (χ3n) is 5.52. The van der Waals surface area contributed by atoms with Crippen molar-refractivity contribution in [2.75, 3.05) is 27.4 Å². The highest BCUT2D eigenvalue weighted by molar-refractivity contribution is 6.33. The molecule has 1 atom stereocenters. The molecule has 7 nitrogen and oxygen atoms in total. The lowest BCUT2D eigenvalue weighted by atomic mass is 9.99. The van der Waals surface area contributed by atoms with Gasteiger partial charge in [0.2, 0.25) is 0 Å². The van der Waals surface area contributed by atoms with Crippen molar-refractivity contribution in [1.29, 1.82) is 0 Å². The van der Waals surface area contributed by atoms with Crippen molar-refractivity contribution in [3.05, 3.63) is 57.4 Å². The number of ketones is 1. The molecule has 1 unspecified atom stereocenters. The molecule has 0 aliphatic rings. The van der Waals surface area contributed by atoms with Crippen LogP contribution in [0.25, 0.3) is 0 Å². The topological polar surface area (TPSA) is 77.8 Å². The molecule has 1 aromatic heterocycles. The van der Waals surface area contributed by atoms with Crippen LogP contribution in [0.5, 0.6) is 0 Å². The summed E-state index contributed by atoms with van der Waals surface area (Å²) in [4.78, 5) is 40.5. The molecule has 0 saturated carbocycles. The van der Waals surface area contributed by atoms with Crippen LogP contribution in [0, 0.1) is 13.8 Å². The predicted octanol–water partition coefficient (Wildman–Crippen LogP) is 3.83. The summed E-state index contributed by atoms with van der Waals surface area (Å²) in [6.07, 6.45) is 0.560. The Bertz CT molecular complexity index is 983. The fourth-order valence-corrected chi connectivity index (χ4v) is 3.93. The molecule has 31 heavy (non-hydrogen) atoms. The van der Waals surface area contributed by atoms with Gasteiger partial charge in [0.25, 0.3) is 5.91 Å². The Morgan fingerprint density at radius 2 is 1.81 bits per heavy atom. The average molecular weight is 449 g/mol. The van der Waals surface area contributed by atoms with Gasteiger partial charge >= 0.3 is 5.97 Å². The van der Waals surface area contributed by atoms with E-state index in [-0.39, 0.29) is 11.7 Å². The number of methoxy groups -OCH3 is 2. The molecule has 1 aromatic carbocycles. The molecule has 0 fully saturated rings. The molecule has 2 aromatic rings. The fraction of sp³-hybridized carbons (Fsp3) is 0.435. The van der Waals surface area contributed by atoms with Gasteiger partial charge in [0.1, 0.15) is 5.69 Å². The maximum atomic E-state index is 13.5. The molecule has 0 N–H and O–H groups in total. The average Bonchev–Trinajstić information content (AvgIpc) is 2.98. The zero-order valence-electron chi connectivity index (χ0n) is 18.8. The number of hydrogen-bond donors (Lipinski definition) is 0. The van der Waals surface area contributed by atoms with Gasteiger partial charge in [0.05, 0.1) is 23.7 Å². The molecule has 8 heteroatoms. The largest absolute Gasteiger partial charge is 0.464 e. The SMILES string of the molecule is COCCCN(C(=O)c1ccccc1Cl)C(C)C(=O)c1c(C)c(C(=O)OC)n(C)c1C. The quantitative estimate of drug-likeness (QED) is 0.331. The Kier molecular flexibility index (Phi) is 8.42. The molecule has 168 valence electrons. The van der Waals surface area contributed by atoms with Crippen LogP contribution in [0.15, 0.2) is 24.3 Å². The molecule has 0 spiro atoms. The van der Waals surface area contributed by atoms with Crippen LogP contribution in [0.3, 0.4) is 0 Å². The van der Waals surface area contributed by atoms with Crippen molar-refractivity contribution < 1.29 is 23.9 Å². The van der Waals surface area contributed by atoms with E-state index in [9.17, 15) is 14.4 Å². The minimum Gasteiger partial charge on any atom is -0.464 e. The minimum absolute atomic E-state index is 0.251. The van der Waals surface area contributed by atoms with E-state index in [0.29, 0.717) is 52.7 Å². The van der Waals surface area contributed by atoms with E-state index in [0.717, 1.165) is 0 Å². The van der Waals surface area contributed by atoms with Crippen LogP contribution in [0.1, 0.15) is 55.8 Å². The van der Waals surface area contributed by atoms with Crippen LogP contribution >= 0.6 is 11.6 Å². The normalized spacial score (nSPS) is 11.8. The van der Waals surface area contributed by atoms with E-state index in [1.165, 1.54) is 12.0 Å². The number of benzene rings is 1. The Hall–Kier alpha value is -2.64. The number of carbonyl (C=O) groups is 3. The third kappa shape index (κ3) is 4.99. The monoisotopic (exact) mass is 448 g/mol. The smallest absolute Gasteiger partial charge is 0.354 e. The first-order valence-electron chi connectivity index (χ1n) is 10.00. The Balaban J connectivity index is 2.46. The fourth-order valence-electron chi connectivity index (χ4n) is 3.72. The standard InChI is InChI=1S/C23H29ClN2O5/c1-14-19(15(2)25(4)20(14)23(29)31-6)21(27)16(3)26(12-9-13-30-5)22(28)17-10-7-8-11-18(17)24/h7-8,10-11,16H,9,12-13H2,1-6H3. The van der Waals surface area contributed by atoms with Crippen molar-refractivity contribution in [3.63, 3.8) is 0 Å². The number of carbonyl (C=O) groups excluding carboxylic acids is 3. The number of halogens is 1. The number of nitrogens with zero attached hydrogens (tertiary/aromatic N) is 2. The predicted molar refractivity (Wildman–Crippen MR) is 119 cm³/mol. The van der Waals surface area contributed by atoms with Gasteiger partial charge in [-0.15, -0.1) is 0 Å². The molecule has 0 bridgehead atoms. The number of ether oxygens (including phenoxy) is 2. The summed E-state index contributed by atoms with van der Waals surface area (Å²) in [5.41, 5.74) is 2.23. The second-order valence-corrected chi connectivity index (χ2v) is 7.76. The lowest BCUT2D eigenvalue weighted by Gasteiger charge is -2.29. The van der Waals surface area contributed by atoms with Gasteiger partial charge < -0.3 is 18.9 Å². The molecule has 1 amide bonds. The summed E-state index contributed by atoms with van der Waals surface area (Å²) in [6.45, 7) is 5.94. The highest BCUT2D eigenvalue weighted by Crippen LogP contribution is 2.26. The molecule has 0 aliphatic heterocycles. The third-order valence-corrected chi connectivity index (χ3v) is 5.84. The zero-order chi connectivity index (χ0) is 23.3. The highest BCUT2D eigenvalue weighted by atomic mass is 35.5. The minimum atomic E-state index is -0.772. The zero-order valence-corrected chi connectivity index (χ0v) is 19.6. The highest BCUT2D eigenvalue weighted by Gasteiger charge is 2.33. The van der Waals surface area contributed by atoms with E-state index < -0.39 is 12.0 Å². The van der Waals surface area contributed by atoms with E-state index in [2.05, 4.69) is 0 Å². The van der Waals surface area contributed by atoms with E-state index in [1.54, 1.807) is 63.8 Å². The lowest BCUT2D eigenvalue weighted by Crippen LogP contribution is -2.44. The molecule has 0 radical (unpaired) electrons. The Morgan fingerprint density at radius 1 is 1.16 bits per heavy atom. The van der Waals surface area contributed by atoms with Gasteiger partial charge in [0, 0.05) is 38.6 Å². The van der Waals surface area contributed by atoms with E-state index in [1.807, 2.05) is 0 Å². The second-order valence-electron chi connectivity index (χ2n) is 7.35. The Morgan fingerprint density at radius 3 is 2.39 bits per heavy atom. The number of aromatic nitrogens is 1. The molecular weight excluding hydrogens is 420 g/mol. The first-order valence-corrected chi connectivity index (χ1v) is 10.4. The molecule has 2 rings (SSSR count). The molecule has 0 saturated heterocycles. The number of Topliss-reactive ketones (excluding diaryl/α,β-unsaturated/α-hetero) is 1. The first kappa shape index (κ1) is 24.6. The summed E-state index contributed by atoms with van der Waals surface area (Å²) in [6, 6.07) is 5.98. The number of amides is 1. The summed E-state index contributed by atoms with van der Waals surface area (Å²) in [7, 11) is 4.59. The summed E-state index contributed by atoms with van der Waals surface area (Å²) in [5, 5.41) is 0.323. The second kappa shape index (κ2) is 10.6. The van der Waals surface area contributed by atoms with Gasteiger partial charge in [-0.1, -0.05) is 23.7 Å². The summed E-state index contributed by atoms with van der Waals surface area (Å²) < 4.78 is 11.6. The number of rotatable bonds is 9. The van der Waals surface area contributed by atoms with Gasteiger partial charge in [-0.2, -0.15) is 0 Å². The Labute approximate surface area is 187 Å². The lowest BCUT2D eigenvalue weighted by molar-refractivity contribution is 0.0587. The van der Waals surface area contributed by atoms with E-state index >= 15 is 0 Å². The summed E-state index contributed by atoms with van der Waals surface area (Å²) in [5.74, 6) is -1.10. The molecular formula is C23H29ClN2O5.